The van der Waals surface area contributed by atoms with Gasteiger partial charge in [0.05, 0.1) is 12.6 Å². The van der Waals surface area contributed by atoms with E-state index in [9.17, 15) is 4.79 Å². The molecule has 5 aromatic rings. The first-order valence-corrected chi connectivity index (χ1v) is 13.4. The molecule has 5 rings (SSSR count). The molecular weight excluding hydrogens is 472 g/mol. The van der Waals surface area contributed by atoms with E-state index in [-0.39, 0.29) is 11.6 Å². The molecule has 0 aliphatic carbocycles. The molecule has 38 heavy (non-hydrogen) atoms. The number of aryl methyl sites for hydroxylation is 1. The average Bonchev–Trinajstić information content (AvgIpc) is 3.40. The SMILES string of the molecule is CCc1ccc2[nH]c(=O)c(CN(CCc3ccccc3)C(CC)c3nnnn3Cc3ccccc3)cc2c1. The van der Waals surface area contributed by atoms with Crippen LogP contribution >= 0.6 is 0 Å². The number of pyridine rings is 1. The third kappa shape index (κ3) is 5.89. The molecule has 0 aliphatic rings. The van der Waals surface area contributed by atoms with Crippen molar-refractivity contribution < 1.29 is 0 Å². The smallest absolute Gasteiger partial charge is 0.252 e. The molecule has 1 unspecified atom stereocenters. The Labute approximate surface area is 223 Å². The summed E-state index contributed by atoms with van der Waals surface area (Å²) in [5, 5.41) is 13.9. The van der Waals surface area contributed by atoms with E-state index in [0.717, 1.165) is 53.7 Å². The molecule has 194 valence electrons. The summed E-state index contributed by atoms with van der Waals surface area (Å²) >= 11 is 0. The molecule has 0 radical (unpaired) electrons. The largest absolute Gasteiger partial charge is 0.322 e. The standard InChI is InChI=1S/C31H34N6O/c1-3-23-15-16-28-26(19-23)20-27(31(38)32-28)22-36(18-17-24-11-7-5-8-12-24)29(4-2)30-33-34-35-37(30)21-25-13-9-6-10-14-25/h5-16,19-20,29H,3-4,17-18,21-22H2,1-2H3,(H,32,38). The number of hydrogen-bond acceptors (Lipinski definition) is 5. The first kappa shape index (κ1) is 25.5. The van der Waals surface area contributed by atoms with Crippen molar-refractivity contribution in [3.05, 3.63) is 123 Å². The molecule has 0 amide bonds. The second-order valence-electron chi connectivity index (χ2n) is 9.71. The highest BCUT2D eigenvalue weighted by Crippen LogP contribution is 2.25. The van der Waals surface area contributed by atoms with Crippen LogP contribution in [0.3, 0.4) is 0 Å². The molecule has 0 saturated carbocycles. The summed E-state index contributed by atoms with van der Waals surface area (Å²) in [6.07, 6.45) is 2.63. The quantitative estimate of drug-likeness (QED) is 0.262. The van der Waals surface area contributed by atoms with Crippen molar-refractivity contribution in [1.29, 1.82) is 0 Å². The van der Waals surface area contributed by atoms with Gasteiger partial charge in [-0.05, 0) is 70.0 Å². The number of nitrogens with one attached hydrogen (secondary N) is 1. The lowest BCUT2D eigenvalue weighted by Gasteiger charge is -2.30. The number of nitrogens with zero attached hydrogens (tertiary/aromatic N) is 5. The summed E-state index contributed by atoms with van der Waals surface area (Å²) < 4.78 is 1.89. The van der Waals surface area contributed by atoms with E-state index in [1.807, 2.05) is 41.1 Å². The number of aromatic nitrogens is 5. The van der Waals surface area contributed by atoms with E-state index in [1.54, 1.807) is 0 Å². The van der Waals surface area contributed by atoms with Crippen molar-refractivity contribution in [3.63, 3.8) is 0 Å². The van der Waals surface area contributed by atoms with E-state index in [2.05, 4.69) is 87.8 Å². The highest BCUT2D eigenvalue weighted by Gasteiger charge is 2.26. The topological polar surface area (TPSA) is 79.7 Å². The Morgan fingerprint density at radius 2 is 1.63 bits per heavy atom. The number of benzene rings is 3. The monoisotopic (exact) mass is 506 g/mol. The Hall–Kier alpha value is -4.10. The number of hydrogen-bond donors (Lipinski definition) is 1. The van der Waals surface area contributed by atoms with E-state index in [1.165, 1.54) is 11.1 Å². The Kier molecular flexibility index (Phi) is 8.04. The molecule has 7 nitrogen and oxygen atoms in total. The normalized spacial score (nSPS) is 12.3. The highest BCUT2D eigenvalue weighted by atomic mass is 16.1. The Balaban J connectivity index is 1.48. The van der Waals surface area contributed by atoms with Crippen molar-refractivity contribution in [3.8, 4) is 0 Å². The fraction of sp³-hybridized carbons (Fsp3) is 0.290. The summed E-state index contributed by atoms with van der Waals surface area (Å²) in [6, 6.07) is 28.9. The molecular formula is C31H34N6O. The van der Waals surface area contributed by atoms with Crippen molar-refractivity contribution in [2.75, 3.05) is 6.54 Å². The second-order valence-corrected chi connectivity index (χ2v) is 9.71. The predicted molar refractivity (Wildman–Crippen MR) is 151 cm³/mol. The predicted octanol–water partition coefficient (Wildman–Crippen LogP) is 5.32. The number of fused-ring (bicyclic) bond motifs is 1. The molecule has 1 N–H and O–H groups in total. The van der Waals surface area contributed by atoms with Crippen molar-refractivity contribution in [1.82, 2.24) is 30.1 Å². The zero-order valence-corrected chi connectivity index (χ0v) is 22.0. The van der Waals surface area contributed by atoms with Crippen LogP contribution in [0.2, 0.25) is 0 Å². The minimum atomic E-state index is -0.0507. The van der Waals surface area contributed by atoms with Gasteiger partial charge in [0.15, 0.2) is 5.82 Å². The fourth-order valence-corrected chi connectivity index (χ4v) is 5.04. The van der Waals surface area contributed by atoms with Crippen molar-refractivity contribution in [2.24, 2.45) is 0 Å². The zero-order valence-electron chi connectivity index (χ0n) is 22.0. The average molecular weight is 507 g/mol. The van der Waals surface area contributed by atoms with Crippen LogP contribution in [0.15, 0.2) is 89.7 Å². The van der Waals surface area contributed by atoms with E-state index < -0.39 is 0 Å². The van der Waals surface area contributed by atoms with Gasteiger partial charge >= 0.3 is 0 Å². The van der Waals surface area contributed by atoms with Crippen LogP contribution < -0.4 is 5.56 Å². The second kappa shape index (κ2) is 12.0. The van der Waals surface area contributed by atoms with Crippen LogP contribution in [0.4, 0.5) is 0 Å². The van der Waals surface area contributed by atoms with Gasteiger partial charge in [0.25, 0.3) is 5.56 Å². The van der Waals surface area contributed by atoms with Crippen LogP contribution in [0, 0.1) is 0 Å². The van der Waals surface area contributed by atoms with E-state index in [0.29, 0.717) is 13.1 Å². The van der Waals surface area contributed by atoms with Gasteiger partial charge in [0.1, 0.15) is 0 Å². The summed E-state index contributed by atoms with van der Waals surface area (Å²) in [5.74, 6) is 0.815. The maximum atomic E-state index is 13.2. The minimum absolute atomic E-state index is 0.0468. The third-order valence-electron chi connectivity index (χ3n) is 7.16. The number of aromatic amines is 1. The third-order valence-corrected chi connectivity index (χ3v) is 7.16. The van der Waals surface area contributed by atoms with Crippen LogP contribution in [-0.4, -0.2) is 36.6 Å². The molecule has 3 aromatic carbocycles. The number of H-pyrrole nitrogens is 1. The summed E-state index contributed by atoms with van der Waals surface area (Å²) in [5.41, 5.74) is 5.22. The maximum Gasteiger partial charge on any atom is 0.252 e. The summed E-state index contributed by atoms with van der Waals surface area (Å²) in [4.78, 5) is 18.6. The van der Waals surface area contributed by atoms with Crippen LogP contribution in [0.25, 0.3) is 10.9 Å². The number of tetrazole rings is 1. The van der Waals surface area contributed by atoms with Crippen LogP contribution in [-0.2, 0) is 25.9 Å². The summed E-state index contributed by atoms with van der Waals surface area (Å²) in [7, 11) is 0. The lowest BCUT2D eigenvalue weighted by Crippen LogP contribution is -2.34. The Morgan fingerprint density at radius 1 is 0.895 bits per heavy atom. The molecule has 0 aliphatic heterocycles. The molecule has 7 heteroatoms. The molecule has 2 heterocycles. The molecule has 0 bridgehead atoms. The van der Waals surface area contributed by atoms with Gasteiger partial charge in [-0.15, -0.1) is 5.10 Å². The lowest BCUT2D eigenvalue weighted by atomic mass is 10.1. The van der Waals surface area contributed by atoms with Gasteiger partial charge in [-0.3, -0.25) is 9.69 Å². The first-order valence-electron chi connectivity index (χ1n) is 13.4. The first-order chi connectivity index (χ1) is 18.6. The Bertz CT molecular complexity index is 1530. The summed E-state index contributed by atoms with van der Waals surface area (Å²) in [6.45, 7) is 6.17. The van der Waals surface area contributed by atoms with Gasteiger partial charge in [0, 0.05) is 24.2 Å². The molecule has 0 spiro atoms. The molecule has 0 fully saturated rings. The molecule has 1 atom stereocenters. The van der Waals surface area contributed by atoms with E-state index >= 15 is 0 Å². The van der Waals surface area contributed by atoms with E-state index in [4.69, 9.17) is 0 Å². The molecule has 0 saturated heterocycles. The van der Waals surface area contributed by atoms with Crippen molar-refractivity contribution >= 4 is 10.9 Å². The maximum absolute atomic E-state index is 13.2. The van der Waals surface area contributed by atoms with Gasteiger partial charge < -0.3 is 4.98 Å². The zero-order chi connectivity index (χ0) is 26.3. The Morgan fingerprint density at radius 3 is 2.34 bits per heavy atom. The fourth-order valence-electron chi connectivity index (χ4n) is 5.04. The van der Waals surface area contributed by atoms with Crippen LogP contribution in [0.1, 0.15) is 54.4 Å². The molecule has 2 aromatic heterocycles. The van der Waals surface area contributed by atoms with Gasteiger partial charge in [-0.2, -0.15) is 0 Å². The van der Waals surface area contributed by atoms with Gasteiger partial charge in [-0.25, -0.2) is 4.68 Å². The van der Waals surface area contributed by atoms with Gasteiger partial charge in [-0.1, -0.05) is 80.6 Å². The number of rotatable bonds is 11. The lowest BCUT2D eigenvalue weighted by molar-refractivity contribution is 0.172. The minimum Gasteiger partial charge on any atom is -0.322 e. The highest BCUT2D eigenvalue weighted by molar-refractivity contribution is 5.79. The van der Waals surface area contributed by atoms with Crippen molar-refractivity contribution in [2.45, 2.75) is 52.2 Å². The van der Waals surface area contributed by atoms with Crippen LogP contribution in [0.5, 0.6) is 0 Å². The van der Waals surface area contributed by atoms with Gasteiger partial charge in [0.2, 0.25) is 0 Å².